The van der Waals surface area contributed by atoms with Crippen molar-refractivity contribution in [3.8, 4) is 5.75 Å². The van der Waals surface area contributed by atoms with Gasteiger partial charge in [0.25, 0.3) is 0 Å². The zero-order valence-electron chi connectivity index (χ0n) is 11.9. The third-order valence-corrected chi connectivity index (χ3v) is 3.68. The summed E-state index contributed by atoms with van der Waals surface area (Å²) in [5.41, 5.74) is 7.60. The Bertz CT molecular complexity index is 386. The second-order valence-corrected chi connectivity index (χ2v) is 5.50. The molecule has 0 unspecified atom stereocenters. The lowest BCUT2D eigenvalue weighted by molar-refractivity contribution is 0.0402. The van der Waals surface area contributed by atoms with Gasteiger partial charge in [-0.05, 0) is 37.6 Å². The van der Waals surface area contributed by atoms with Crippen molar-refractivity contribution < 1.29 is 9.47 Å². The van der Waals surface area contributed by atoms with Crippen molar-refractivity contribution in [2.24, 2.45) is 5.73 Å². The van der Waals surface area contributed by atoms with Crippen LogP contribution in [0.5, 0.6) is 5.75 Å². The Hall–Kier alpha value is -1.10. The average molecular weight is 264 g/mol. The number of nitrogens with zero attached hydrogens (tertiary/aromatic N) is 1. The highest BCUT2D eigenvalue weighted by molar-refractivity contribution is 5.27. The number of ether oxygens (including phenoxy) is 2. The summed E-state index contributed by atoms with van der Waals surface area (Å²) in [6, 6.07) is 8.19. The second-order valence-electron chi connectivity index (χ2n) is 5.50. The molecule has 1 aliphatic rings. The van der Waals surface area contributed by atoms with E-state index >= 15 is 0 Å². The first-order valence-electron chi connectivity index (χ1n) is 6.79. The molecule has 106 valence electrons. The maximum atomic E-state index is 6.42. The lowest BCUT2D eigenvalue weighted by Crippen LogP contribution is -2.52. The zero-order valence-corrected chi connectivity index (χ0v) is 11.9. The molecular formula is C15H24N2O2. The summed E-state index contributed by atoms with van der Waals surface area (Å²) in [6.45, 7) is 3.38. The van der Waals surface area contributed by atoms with E-state index in [4.69, 9.17) is 15.2 Å². The van der Waals surface area contributed by atoms with Gasteiger partial charge in [0.15, 0.2) is 0 Å². The predicted octanol–water partition coefficient (Wildman–Crippen LogP) is 1.63. The van der Waals surface area contributed by atoms with Gasteiger partial charge in [-0.3, -0.25) is 0 Å². The van der Waals surface area contributed by atoms with E-state index in [0.29, 0.717) is 0 Å². The van der Waals surface area contributed by atoms with Gasteiger partial charge in [0.05, 0.1) is 7.11 Å². The molecule has 0 bridgehead atoms. The summed E-state index contributed by atoms with van der Waals surface area (Å²) < 4.78 is 10.5. The summed E-state index contributed by atoms with van der Waals surface area (Å²) >= 11 is 0. The Morgan fingerprint density at radius 2 is 1.89 bits per heavy atom. The first kappa shape index (κ1) is 14.3. The topological polar surface area (TPSA) is 47.7 Å². The molecule has 0 saturated carbocycles. The van der Waals surface area contributed by atoms with E-state index in [1.54, 1.807) is 7.11 Å². The molecule has 0 amide bonds. The van der Waals surface area contributed by atoms with E-state index in [2.05, 4.69) is 24.1 Å². The van der Waals surface area contributed by atoms with E-state index in [1.807, 2.05) is 12.1 Å². The number of hydrogen-bond donors (Lipinski definition) is 1. The molecule has 19 heavy (non-hydrogen) atoms. The molecule has 0 aliphatic carbocycles. The van der Waals surface area contributed by atoms with Crippen LogP contribution in [-0.4, -0.2) is 44.4 Å². The molecule has 0 aromatic heterocycles. The Labute approximate surface area is 115 Å². The Kier molecular flexibility index (Phi) is 4.80. The van der Waals surface area contributed by atoms with Crippen molar-refractivity contribution in [1.29, 1.82) is 0 Å². The Morgan fingerprint density at radius 3 is 2.47 bits per heavy atom. The lowest BCUT2D eigenvalue weighted by atomic mass is 9.91. The highest BCUT2D eigenvalue weighted by atomic mass is 16.5. The van der Waals surface area contributed by atoms with Gasteiger partial charge < -0.3 is 20.1 Å². The van der Waals surface area contributed by atoms with Crippen LogP contribution < -0.4 is 10.5 Å². The lowest BCUT2D eigenvalue weighted by Gasteiger charge is -2.36. The Balaban J connectivity index is 1.87. The van der Waals surface area contributed by atoms with Crippen molar-refractivity contribution in [3.05, 3.63) is 29.8 Å². The third kappa shape index (κ3) is 4.20. The molecule has 4 heteroatoms. The highest BCUT2D eigenvalue weighted by Gasteiger charge is 2.29. The molecule has 1 aromatic rings. The quantitative estimate of drug-likeness (QED) is 0.878. The molecule has 2 N–H and O–H groups in total. The van der Waals surface area contributed by atoms with Crippen LogP contribution in [-0.2, 0) is 11.3 Å². The van der Waals surface area contributed by atoms with Gasteiger partial charge in [-0.25, -0.2) is 0 Å². The van der Waals surface area contributed by atoms with Gasteiger partial charge in [0, 0.05) is 31.8 Å². The van der Waals surface area contributed by atoms with Gasteiger partial charge in [-0.15, -0.1) is 0 Å². The molecule has 0 radical (unpaired) electrons. The predicted molar refractivity (Wildman–Crippen MR) is 76.3 cm³/mol. The van der Waals surface area contributed by atoms with Crippen LogP contribution >= 0.6 is 0 Å². The van der Waals surface area contributed by atoms with Crippen molar-refractivity contribution in [3.63, 3.8) is 0 Å². The molecule has 2 rings (SSSR count). The van der Waals surface area contributed by atoms with Crippen molar-refractivity contribution >= 4 is 0 Å². The number of nitrogens with two attached hydrogens (primary N) is 1. The van der Waals surface area contributed by atoms with Crippen LogP contribution in [0.2, 0.25) is 0 Å². The number of likely N-dealkylation sites (N-methyl/N-ethyl adjacent to an activating group) is 1. The number of methoxy groups -OCH3 is 1. The molecule has 1 saturated heterocycles. The summed E-state index contributed by atoms with van der Waals surface area (Å²) in [5.74, 6) is 0.895. The van der Waals surface area contributed by atoms with Gasteiger partial charge in [-0.1, -0.05) is 12.1 Å². The van der Waals surface area contributed by atoms with Crippen LogP contribution in [0.3, 0.4) is 0 Å². The second kappa shape index (κ2) is 6.37. The summed E-state index contributed by atoms with van der Waals surface area (Å²) in [6.07, 6.45) is 1.89. The van der Waals surface area contributed by atoms with Gasteiger partial charge in [0.1, 0.15) is 5.75 Å². The molecule has 0 spiro atoms. The fourth-order valence-electron chi connectivity index (χ4n) is 2.57. The molecule has 1 heterocycles. The molecule has 1 aromatic carbocycles. The molecule has 1 aliphatic heterocycles. The van der Waals surface area contributed by atoms with E-state index in [1.165, 1.54) is 5.56 Å². The number of benzene rings is 1. The molecular weight excluding hydrogens is 240 g/mol. The van der Waals surface area contributed by atoms with E-state index in [-0.39, 0.29) is 5.54 Å². The maximum Gasteiger partial charge on any atom is 0.118 e. The maximum absolute atomic E-state index is 6.42. The first-order valence-corrected chi connectivity index (χ1v) is 6.79. The van der Waals surface area contributed by atoms with Crippen LogP contribution in [0.1, 0.15) is 18.4 Å². The van der Waals surface area contributed by atoms with Gasteiger partial charge in [0.2, 0.25) is 0 Å². The van der Waals surface area contributed by atoms with Crippen LogP contribution in [0.15, 0.2) is 24.3 Å². The van der Waals surface area contributed by atoms with Gasteiger partial charge >= 0.3 is 0 Å². The van der Waals surface area contributed by atoms with Crippen LogP contribution in [0.25, 0.3) is 0 Å². The monoisotopic (exact) mass is 264 g/mol. The average Bonchev–Trinajstić information content (AvgIpc) is 2.39. The normalized spacial score (nSPS) is 18.5. The number of rotatable bonds is 5. The van der Waals surface area contributed by atoms with E-state index in [0.717, 1.165) is 44.9 Å². The fourth-order valence-corrected chi connectivity index (χ4v) is 2.57. The van der Waals surface area contributed by atoms with Crippen molar-refractivity contribution in [2.45, 2.75) is 24.9 Å². The van der Waals surface area contributed by atoms with Crippen molar-refractivity contribution in [1.82, 2.24) is 4.90 Å². The smallest absolute Gasteiger partial charge is 0.118 e. The highest BCUT2D eigenvalue weighted by Crippen LogP contribution is 2.20. The Morgan fingerprint density at radius 1 is 1.26 bits per heavy atom. The minimum absolute atomic E-state index is 0.0977. The van der Waals surface area contributed by atoms with E-state index in [9.17, 15) is 0 Å². The fraction of sp³-hybridized carbons (Fsp3) is 0.600. The largest absolute Gasteiger partial charge is 0.497 e. The summed E-state index contributed by atoms with van der Waals surface area (Å²) in [5, 5.41) is 0. The third-order valence-electron chi connectivity index (χ3n) is 3.68. The van der Waals surface area contributed by atoms with Crippen LogP contribution in [0.4, 0.5) is 0 Å². The standard InChI is InChI=1S/C15H24N2O2/c1-17(12-15(16)7-9-19-10-8-15)11-13-3-5-14(18-2)6-4-13/h3-6H,7-12,16H2,1-2H3. The minimum atomic E-state index is -0.0977. The zero-order chi connectivity index (χ0) is 13.7. The molecule has 0 atom stereocenters. The SMILES string of the molecule is COc1ccc(CN(C)CC2(N)CCOCC2)cc1. The van der Waals surface area contributed by atoms with Gasteiger partial charge in [-0.2, -0.15) is 0 Å². The number of hydrogen-bond acceptors (Lipinski definition) is 4. The van der Waals surface area contributed by atoms with Crippen LogP contribution in [0, 0.1) is 0 Å². The van der Waals surface area contributed by atoms with E-state index < -0.39 is 0 Å². The summed E-state index contributed by atoms with van der Waals surface area (Å²) in [4.78, 5) is 2.28. The molecule has 4 nitrogen and oxygen atoms in total. The minimum Gasteiger partial charge on any atom is -0.497 e. The molecule has 1 fully saturated rings. The first-order chi connectivity index (χ1) is 9.11. The summed E-state index contributed by atoms with van der Waals surface area (Å²) in [7, 11) is 3.80. The van der Waals surface area contributed by atoms with Crippen molar-refractivity contribution in [2.75, 3.05) is 33.9 Å².